The Bertz CT molecular complexity index is 392. The van der Waals surface area contributed by atoms with E-state index in [1.807, 2.05) is 12.1 Å². The minimum absolute atomic E-state index is 0.141. The van der Waals surface area contributed by atoms with Gasteiger partial charge < -0.3 is 5.32 Å². The molecule has 0 saturated heterocycles. The van der Waals surface area contributed by atoms with E-state index in [1.54, 1.807) is 0 Å². The molecule has 0 aliphatic rings. The van der Waals surface area contributed by atoms with E-state index in [2.05, 4.69) is 31.3 Å². The van der Waals surface area contributed by atoms with Gasteiger partial charge in [0.15, 0.2) is 0 Å². The molecule has 0 aliphatic carbocycles. The van der Waals surface area contributed by atoms with Crippen molar-refractivity contribution in [1.29, 1.82) is 0 Å². The summed E-state index contributed by atoms with van der Waals surface area (Å²) in [5.41, 5.74) is 2.51. The largest absolute Gasteiger partial charge is 0.356 e. The van der Waals surface area contributed by atoms with Gasteiger partial charge >= 0.3 is 0 Å². The van der Waals surface area contributed by atoms with Crippen molar-refractivity contribution in [2.75, 3.05) is 12.4 Å². The number of carbonyl (C=O) groups is 1. The van der Waals surface area contributed by atoms with Gasteiger partial charge in [-0.05, 0) is 43.2 Å². The second-order valence-electron chi connectivity index (χ2n) is 5.18. The standard InChI is InChI=1S/C16H24ClNO/c1-13(12-17)6-5-11-18-16(19)10-9-15-8-4-3-7-14(15)2/h3-4,7-8,13H,5-6,9-12H2,1-2H3,(H,18,19). The van der Waals surface area contributed by atoms with Crippen molar-refractivity contribution < 1.29 is 4.79 Å². The Morgan fingerprint density at radius 1 is 1.37 bits per heavy atom. The van der Waals surface area contributed by atoms with Gasteiger partial charge in [0.05, 0.1) is 0 Å². The molecular formula is C16H24ClNO. The number of halogens is 1. The van der Waals surface area contributed by atoms with Gasteiger partial charge in [0.1, 0.15) is 0 Å². The first kappa shape index (κ1) is 16.0. The van der Waals surface area contributed by atoms with Gasteiger partial charge in [-0.3, -0.25) is 4.79 Å². The first-order chi connectivity index (χ1) is 9.13. The predicted molar refractivity (Wildman–Crippen MR) is 81.6 cm³/mol. The lowest BCUT2D eigenvalue weighted by molar-refractivity contribution is -0.121. The maximum atomic E-state index is 11.7. The molecule has 1 atom stereocenters. The van der Waals surface area contributed by atoms with E-state index in [0.717, 1.165) is 25.8 Å². The molecule has 1 aromatic rings. The second-order valence-corrected chi connectivity index (χ2v) is 5.49. The predicted octanol–water partition coefficient (Wildman–Crippen LogP) is 3.70. The molecular weight excluding hydrogens is 258 g/mol. The molecule has 0 saturated carbocycles. The number of carbonyl (C=O) groups excluding carboxylic acids is 1. The van der Waals surface area contributed by atoms with Gasteiger partial charge in [0, 0.05) is 18.8 Å². The number of alkyl halides is 1. The van der Waals surface area contributed by atoms with Crippen molar-refractivity contribution >= 4 is 17.5 Å². The van der Waals surface area contributed by atoms with E-state index in [4.69, 9.17) is 11.6 Å². The molecule has 2 nitrogen and oxygen atoms in total. The van der Waals surface area contributed by atoms with Crippen LogP contribution in [0.5, 0.6) is 0 Å². The lowest BCUT2D eigenvalue weighted by Crippen LogP contribution is -2.25. The van der Waals surface area contributed by atoms with Crippen LogP contribution in [0.2, 0.25) is 0 Å². The van der Waals surface area contributed by atoms with Gasteiger partial charge in [0.2, 0.25) is 5.91 Å². The van der Waals surface area contributed by atoms with E-state index in [1.165, 1.54) is 11.1 Å². The summed E-state index contributed by atoms with van der Waals surface area (Å²) in [7, 11) is 0. The molecule has 1 rings (SSSR count). The molecule has 0 aromatic heterocycles. The minimum atomic E-state index is 0.141. The van der Waals surface area contributed by atoms with Crippen LogP contribution in [0.25, 0.3) is 0 Å². The Morgan fingerprint density at radius 2 is 2.11 bits per heavy atom. The maximum Gasteiger partial charge on any atom is 0.220 e. The molecule has 0 bridgehead atoms. The van der Waals surface area contributed by atoms with Crippen LogP contribution in [-0.4, -0.2) is 18.3 Å². The number of hydrogen-bond acceptors (Lipinski definition) is 1. The Labute approximate surface area is 121 Å². The van der Waals surface area contributed by atoms with E-state index < -0.39 is 0 Å². The number of rotatable bonds is 8. The summed E-state index contributed by atoms with van der Waals surface area (Å²) in [5, 5.41) is 2.97. The highest BCUT2D eigenvalue weighted by atomic mass is 35.5. The quantitative estimate of drug-likeness (QED) is 0.571. The zero-order valence-corrected chi connectivity index (χ0v) is 12.7. The Balaban J connectivity index is 2.16. The average Bonchev–Trinajstić information content (AvgIpc) is 2.42. The third-order valence-corrected chi connectivity index (χ3v) is 3.87. The van der Waals surface area contributed by atoms with Gasteiger partial charge in [-0.1, -0.05) is 31.2 Å². The monoisotopic (exact) mass is 281 g/mol. The molecule has 0 heterocycles. The molecule has 0 spiro atoms. The van der Waals surface area contributed by atoms with Crippen molar-refractivity contribution in [3.63, 3.8) is 0 Å². The molecule has 106 valence electrons. The maximum absolute atomic E-state index is 11.7. The SMILES string of the molecule is Cc1ccccc1CCC(=O)NCCCC(C)CCl. The van der Waals surface area contributed by atoms with Crippen LogP contribution in [0.15, 0.2) is 24.3 Å². The number of amides is 1. The van der Waals surface area contributed by atoms with Crippen LogP contribution in [-0.2, 0) is 11.2 Å². The lowest BCUT2D eigenvalue weighted by atomic mass is 10.0. The molecule has 1 aromatic carbocycles. The fraction of sp³-hybridized carbons (Fsp3) is 0.562. The molecule has 0 radical (unpaired) electrons. The lowest BCUT2D eigenvalue weighted by Gasteiger charge is -2.09. The molecule has 1 N–H and O–H groups in total. The topological polar surface area (TPSA) is 29.1 Å². The normalized spacial score (nSPS) is 12.2. The highest BCUT2D eigenvalue weighted by Gasteiger charge is 2.04. The molecule has 19 heavy (non-hydrogen) atoms. The van der Waals surface area contributed by atoms with E-state index in [0.29, 0.717) is 18.2 Å². The van der Waals surface area contributed by atoms with Crippen LogP contribution in [0.3, 0.4) is 0 Å². The fourth-order valence-electron chi connectivity index (χ4n) is 1.98. The Morgan fingerprint density at radius 3 is 2.79 bits per heavy atom. The zero-order chi connectivity index (χ0) is 14.1. The summed E-state index contributed by atoms with van der Waals surface area (Å²) in [6.07, 6.45) is 3.46. The van der Waals surface area contributed by atoms with Gasteiger partial charge in [-0.2, -0.15) is 0 Å². The number of nitrogens with one attached hydrogen (secondary N) is 1. The van der Waals surface area contributed by atoms with Crippen molar-refractivity contribution in [3.05, 3.63) is 35.4 Å². The third-order valence-electron chi connectivity index (χ3n) is 3.34. The molecule has 1 unspecified atom stereocenters. The molecule has 0 fully saturated rings. The number of hydrogen-bond donors (Lipinski definition) is 1. The number of aryl methyl sites for hydroxylation is 2. The summed E-state index contributed by atoms with van der Waals surface area (Å²) in [6.45, 7) is 4.97. The first-order valence-electron chi connectivity index (χ1n) is 7.00. The van der Waals surface area contributed by atoms with E-state index in [-0.39, 0.29) is 5.91 Å². The molecule has 0 aliphatic heterocycles. The fourth-order valence-corrected chi connectivity index (χ4v) is 2.14. The second kappa shape index (κ2) is 8.98. The summed E-state index contributed by atoms with van der Waals surface area (Å²) in [4.78, 5) is 11.7. The van der Waals surface area contributed by atoms with Crippen LogP contribution in [0.4, 0.5) is 0 Å². The van der Waals surface area contributed by atoms with Crippen LogP contribution < -0.4 is 5.32 Å². The molecule has 1 amide bonds. The first-order valence-corrected chi connectivity index (χ1v) is 7.54. The van der Waals surface area contributed by atoms with Crippen molar-refractivity contribution in [1.82, 2.24) is 5.32 Å². The summed E-state index contributed by atoms with van der Waals surface area (Å²) in [5.74, 6) is 1.37. The zero-order valence-electron chi connectivity index (χ0n) is 11.9. The van der Waals surface area contributed by atoms with E-state index >= 15 is 0 Å². The third kappa shape index (κ3) is 6.63. The highest BCUT2D eigenvalue weighted by molar-refractivity contribution is 6.18. The minimum Gasteiger partial charge on any atom is -0.356 e. The average molecular weight is 282 g/mol. The smallest absolute Gasteiger partial charge is 0.220 e. The molecule has 3 heteroatoms. The van der Waals surface area contributed by atoms with E-state index in [9.17, 15) is 4.79 Å². The van der Waals surface area contributed by atoms with Crippen LogP contribution in [0.1, 0.15) is 37.3 Å². The highest BCUT2D eigenvalue weighted by Crippen LogP contribution is 2.09. The van der Waals surface area contributed by atoms with Crippen molar-refractivity contribution in [2.24, 2.45) is 5.92 Å². The summed E-state index contributed by atoms with van der Waals surface area (Å²) >= 11 is 5.74. The Hall–Kier alpha value is -1.02. The van der Waals surface area contributed by atoms with Gasteiger partial charge in [0.25, 0.3) is 0 Å². The summed E-state index contributed by atoms with van der Waals surface area (Å²) < 4.78 is 0. The van der Waals surface area contributed by atoms with Crippen LogP contribution >= 0.6 is 11.6 Å². The Kier molecular flexibility index (Phi) is 7.57. The number of benzene rings is 1. The van der Waals surface area contributed by atoms with Crippen LogP contribution in [0, 0.1) is 12.8 Å². The van der Waals surface area contributed by atoms with Crippen molar-refractivity contribution in [2.45, 2.75) is 39.5 Å². The van der Waals surface area contributed by atoms with Crippen molar-refractivity contribution in [3.8, 4) is 0 Å². The van der Waals surface area contributed by atoms with Gasteiger partial charge in [-0.25, -0.2) is 0 Å². The van der Waals surface area contributed by atoms with Gasteiger partial charge in [-0.15, -0.1) is 11.6 Å². The summed E-state index contributed by atoms with van der Waals surface area (Å²) in [6, 6.07) is 8.22.